The van der Waals surface area contributed by atoms with Crippen LogP contribution >= 0.6 is 11.8 Å². The molecule has 0 saturated heterocycles. The Morgan fingerprint density at radius 1 is 1.47 bits per heavy atom. The summed E-state index contributed by atoms with van der Waals surface area (Å²) in [5.74, 6) is 1.79. The molecule has 0 aromatic rings. The molecule has 0 aromatic carbocycles. The molecule has 1 rings (SSSR count). The Morgan fingerprint density at radius 2 is 2.13 bits per heavy atom. The van der Waals surface area contributed by atoms with Gasteiger partial charge in [0.05, 0.1) is 6.04 Å². The second kappa shape index (κ2) is 5.75. The monoisotopic (exact) mass is 229 g/mol. The summed E-state index contributed by atoms with van der Waals surface area (Å²) in [7, 11) is 4.19. The summed E-state index contributed by atoms with van der Waals surface area (Å²) in [6.45, 7) is 7.72. The minimum Gasteiger partial charge on any atom is -0.361 e. The standard InChI is InChI=1S/C11H23N3S/c1-8(2)10-7-15-11(13-10)12-9(3)6-14(4)5/h8-10H,6-7H2,1-5H3,(H,12,13)/t9?,10-/m1/s1. The summed E-state index contributed by atoms with van der Waals surface area (Å²) in [5, 5.41) is 4.59. The minimum atomic E-state index is 0.470. The largest absolute Gasteiger partial charge is 0.361 e. The van der Waals surface area contributed by atoms with Gasteiger partial charge in [-0.05, 0) is 26.9 Å². The molecule has 4 heteroatoms. The van der Waals surface area contributed by atoms with Gasteiger partial charge in [0.25, 0.3) is 0 Å². The van der Waals surface area contributed by atoms with Crippen molar-refractivity contribution in [1.82, 2.24) is 10.2 Å². The number of likely N-dealkylation sites (N-methyl/N-ethyl adjacent to an activating group) is 1. The van der Waals surface area contributed by atoms with Crippen LogP contribution in [0.5, 0.6) is 0 Å². The maximum Gasteiger partial charge on any atom is 0.157 e. The van der Waals surface area contributed by atoms with Crippen LogP contribution in [0.2, 0.25) is 0 Å². The van der Waals surface area contributed by atoms with Crippen molar-refractivity contribution in [1.29, 1.82) is 0 Å². The first kappa shape index (κ1) is 12.8. The Labute approximate surface area is 97.7 Å². The molecule has 0 fully saturated rings. The summed E-state index contributed by atoms with van der Waals surface area (Å²) >= 11 is 1.85. The van der Waals surface area contributed by atoms with Crippen molar-refractivity contribution in [2.24, 2.45) is 10.9 Å². The van der Waals surface area contributed by atoms with Crippen LogP contribution in [0.25, 0.3) is 0 Å². The molecule has 1 unspecified atom stereocenters. The van der Waals surface area contributed by atoms with E-state index in [1.165, 1.54) is 0 Å². The molecule has 0 aromatic heterocycles. The van der Waals surface area contributed by atoms with Gasteiger partial charge in [0.1, 0.15) is 0 Å². The van der Waals surface area contributed by atoms with Gasteiger partial charge in [0, 0.05) is 18.3 Å². The summed E-state index contributed by atoms with van der Waals surface area (Å²) in [4.78, 5) is 6.88. The molecule has 1 heterocycles. The van der Waals surface area contributed by atoms with E-state index in [2.05, 4.69) is 50.1 Å². The number of thioether (sulfide) groups is 1. The van der Waals surface area contributed by atoms with E-state index in [1.54, 1.807) is 0 Å². The zero-order valence-corrected chi connectivity index (χ0v) is 11.3. The third kappa shape index (κ3) is 4.43. The van der Waals surface area contributed by atoms with E-state index in [0.717, 1.165) is 17.5 Å². The quantitative estimate of drug-likeness (QED) is 0.794. The second-order valence-electron chi connectivity index (χ2n) is 4.86. The molecular weight excluding hydrogens is 206 g/mol. The van der Waals surface area contributed by atoms with Gasteiger partial charge in [0.2, 0.25) is 0 Å². The molecule has 1 N–H and O–H groups in total. The molecule has 0 spiro atoms. The van der Waals surface area contributed by atoms with Gasteiger partial charge in [-0.1, -0.05) is 25.6 Å². The van der Waals surface area contributed by atoms with Crippen molar-refractivity contribution in [2.75, 3.05) is 26.4 Å². The van der Waals surface area contributed by atoms with Crippen LogP contribution in [-0.2, 0) is 0 Å². The molecule has 0 bridgehead atoms. The van der Waals surface area contributed by atoms with Crippen molar-refractivity contribution in [3.63, 3.8) is 0 Å². The minimum absolute atomic E-state index is 0.470. The van der Waals surface area contributed by atoms with Gasteiger partial charge in [-0.15, -0.1) is 0 Å². The fourth-order valence-electron chi connectivity index (χ4n) is 1.61. The fourth-order valence-corrected chi connectivity index (χ4v) is 2.90. The molecule has 1 aliphatic heterocycles. The van der Waals surface area contributed by atoms with Crippen LogP contribution in [0.3, 0.4) is 0 Å². The molecule has 0 amide bonds. The molecule has 3 nitrogen and oxygen atoms in total. The first-order valence-corrected chi connectivity index (χ1v) is 6.59. The lowest BCUT2D eigenvalue weighted by Crippen LogP contribution is -2.38. The van der Waals surface area contributed by atoms with E-state index in [4.69, 9.17) is 0 Å². The molecular formula is C11H23N3S. The zero-order chi connectivity index (χ0) is 11.4. The van der Waals surface area contributed by atoms with Crippen molar-refractivity contribution < 1.29 is 0 Å². The fraction of sp³-hybridized carbons (Fsp3) is 0.909. The Morgan fingerprint density at radius 3 is 2.60 bits per heavy atom. The molecule has 15 heavy (non-hydrogen) atoms. The van der Waals surface area contributed by atoms with Crippen LogP contribution in [0.15, 0.2) is 4.99 Å². The van der Waals surface area contributed by atoms with Gasteiger partial charge in [0.15, 0.2) is 5.17 Å². The summed E-state index contributed by atoms with van der Waals surface area (Å²) in [6, 6.07) is 0.973. The zero-order valence-electron chi connectivity index (χ0n) is 10.4. The van der Waals surface area contributed by atoms with Gasteiger partial charge in [-0.3, -0.25) is 4.99 Å². The Bertz CT molecular complexity index is 226. The van der Waals surface area contributed by atoms with Crippen molar-refractivity contribution in [3.8, 4) is 0 Å². The average Bonchev–Trinajstić information content (AvgIpc) is 2.50. The number of nitrogens with one attached hydrogen (secondary N) is 1. The number of hydrogen-bond donors (Lipinski definition) is 1. The molecule has 88 valence electrons. The van der Waals surface area contributed by atoms with Crippen LogP contribution in [-0.4, -0.2) is 48.5 Å². The number of nitrogens with zero attached hydrogens (tertiary/aromatic N) is 2. The highest BCUT2D eigenvalue weighted by atomic mass is 32.2. The maximum absolute atomic E-state index is 4.68. The normalized spacial score (nSPS) is 23.4. The van der Waals surface area contributed by atoms with Crippen molar-refractivity contribution >= 4 is 16.9 Å². The Balaban J connectivity index is 2.36. The van der Waals surface area contributed by atoms with Gasteiger partial charge >= 0.3 is 0 Å². The van der Waals surface area contributed by atoms with E-state index in [-0.39, 0.29) is 0 Å². The lowest BCUT2D eigenvalue weighted by molar-refractivity contribution is 0.370. The van der Waals surface area contributed by atoms with Crippen LogP contribution < -0.4 is 5.32 Å². The van der Waals surface area contributed by atoms with E-state index in [9.17, 15) is 0 Å². The van der Waals surface area contributed by atoms with Crippen molar-refractivity contribution in [2.45, 2.75) is 32.9 Å². The summed E-state index contributed by atoms with van der Waals surface area (Å²) < 4.78 is 0. The van der Waals surface area contributed by atoms with Gasteiger partial charge < -0.3 is 10.2 Å². The number of aliphatic imine (C=N–C) groups is 1. The Hall–Kier alpha value is -0.220. The first-order valence-electron chi connectivity index (χ1n) is 5.61. The van der Waals surface area contributed by atoms with E-state index >= 15 is 0 Å². The first-order chi connectivity index (χ1) is 6.99. The van der Waals surface area contributed by atoms with E-state index in [1.807, 2.05) is 11.8 Å². The number of hydrogen-bond acceptors (Lipinski definition) is 4. The third-order valence-electron chi connectivity index (χ3n) is 2.45. The lowest BCUT2D eigenvalue weighted by Gasteiger charge is -2.18. The van der Waals surface area contributed by atoms with Crippen molar-refractivity contribution in [3.05, 3.63) is 0 Å². The second-order valence-corrected chi connectivity index (χ2v) is 5.87. The van der Waals surface area contributed by atoms with E-state index in [0.29, 0.717) is 18.0 Å². The third-order valence-corrected chi connectivity index (χ3v) is 3.46. The molecule has 0 saturated carbocycles. The molecule has 1 aliphatic rings. The summed E-state index contributed by atoms with van der Waals surface area (Å²) in [6.07, 6.45) is 0. The van der Waals surface area contributed by atoms with Crippen LogP contribution in [0, 0.1) is 5.92 Å². The highest BCUT2D eigenvalue weighted by Crippen LogP contribution is 2.22. The SMILES string of the molecule is CC(CN(C)C)NC1=N[C@@H](C(C)C)CS1. The van der Waals surface area contributed by atoms with E-state index < -0.39 is 0 Å². The molecule has 0 aliphatic carbocycles. The Kier molecular flexibility index (Phi) is 4.93. The smallest absolute Gasteiger partial charge is 0.157 e. The van der Waals surface area contributed by atoms with Crippen LogP contribution in [0.1, 0.15) is 20.8 Å². The number of amidine groups is 1. The summed E-state index contributed by atoms with van der Waals surface area (Å²) in [5.41, 5.74) is 0. The average molecular weight is 229 g/mol. The lowest BCUT2D eigenvalue weighted by atomic mass is 10.1. The highest BCUT2D eigenvalue weighted by Gasteiger charge is 2.21. The van der Waals surface area contributed by atoms with Gasteiger partial charge in [-0.2, -0.15) is 0 Å². The van der Waals surface area contributed by atoms with Gasteiger partial charge in [-0.25, -0.2) is 0 Å². The predicted molar refractivity (Wildman–Crippen MR) is 69.7 cm³/mol. The molecule has 0 radical (unpaired) electrons. The highest BCUT2D eigenvalue weighted by molar-refractivity contribution is 8.14. The topological polar surface area (TPSA) is 27.6 Å². The maximum atomic E-state index is 4.68. The number of rotatable bonds is 4. The van der Waals surface area contributed by atoms with Crippen LogP contribution in [0.4, 0.5) is 0 Å². The molecule has 2 atom stereocenters. The predicted octanol–water partition coefficient (Wildman–Crippen LogP) is 1.65.